The van der Waals surface area contributed by atoms with E-state index in [1.54, 1.807) is 32.4 Å². The number of hydrogen-bond donors (Lipinski definition) is 0. The number of aromatic nitrogens is 1. The molecule has 6 nitrogen and oxygen atoms in total. The molecule has 1 heterocycles. The Morgan fingerprint density at radius 2 is 1.86 bits per heavy atom. The van der Waals surface area contributed by atoms with Crippen molar-refractivity contribution in [1.29, 1.82) is 0 Å². The second-order valence-electron chi connectivity index (χ2n) is 5.28. The fourth-order valence-electron chi connectivity index (χ4n) is 3.05. The first-order valence-electron chi connectivity index (χ1n) is 7.50. The van der Waals surface area contributed by atoms with Gasteiger partial charge in [-0.25, -0.2) is 4.79 Å². The second-order valence-corrected chi connectivity index (χ2v) is 5.28. The van der Waals surface area contributed by atoms with Crippen molar-refractivity contribution in [2.45, 2.75) is 33.6 Å². The van der Waals surface area contributed by atoms with E-state index in [-0.39, 0.29) is 19.0 Å². The molecule has 6 heteroatoms. The van der Waals surface area contributed by atoms with Gasteiger partial charge in [0, 0.05) is 18.3 Å². The van der Waals surface area contributed by atoms with E-state index < -0.39 is 17.9 Å². The average molecular weight is 307 g/mol. The van der Waals surface area contributed by atoms with Crippen LogP contribution in [0.2, 0.25) is 0 Å². The van der Waals surface area contributed by atoms with Gasteiger partial charge in [0.25, 0.3) is 0 Å². The first-order chi connectivity index (χ1) is 10.4. The third-order valence-electron chi connectivity index (χ3n) is 4.03. The lowest BCUT2D eigenvalue weighted by molar-refractivity contribution is -0.146. The van der Waals surface area contributed by atoms with Gasteiger partial charge in [-0.1, -0.05) is 0 Å². The minimum absolute atomic E-state index is 0.247. The van der Waals surface area contributed by atoms with E-state index in [1.807, 2.05) is 0 Å². The van der Waals surface area contributed by atoms with Crippen LogP contribution in [0.25, 0.3) is 0 Å². The molecule has 0 aliphatic heterocycles. The van der Waals surface area contributed by atoms with Gasteiger partial charge in [0.1, 0.15) is 11.6 Å². The van der Waals surface area contributed by atoms with Gasteiger partial charge in [-0.2, -0.15) is 0 Å². The number of ether oxygens (including phenoxy) is 2. The summed E-state index contributed by atoms with van der Waals surface area (Å²) >= 11 is 0. The lowest BCUT2D eigenvalue weighted by Gasteiger charge is -2.20. The Morgan fingerprint density at radius 1 is 1.23 bits per heavy atom. The van der Waals surface area contributed by atoms with Crippen LogP contribution in [0.1, 0.15) is 52.4 Å². The first-order valence-corrected chi connectivity index (χ1v) is 7.50. The number of ketones is 1. The Labute approximate surface area is 129 Å². The standard InChI is InChI=1S/C16H21NO5/c1-5-21-15(19)10-7-8-11-12(14(10)18)9(3)13(17(11)4)16(20)22-6-2/h10H,5-8H2,1-4H3/t10-/m1/s1. The van der Waals surface area contributed by atoms with Gasteiger partial charge < -0.3 is 14.0 Å². The Balaban J connectivity index is 2.43. The number of esters is 2. The largest absolute Gasteiger partial charge is 0.465 e. The summed E-state index contributed by atoms with van der Waals surface area (Å²) < 4.78 is 11.7. The summed E-state index contributed by atoms with van der Waals surface area (Å²) in [7, 11) is 1.75. The van der Waals surface area contributed by atoms with Crippen LogP contribution in [0.15, 0.2) is 0 Å². The van der Waals surface area contributed by atoms with Gasteiger partial charge in [0.05, 0.1) is 13.2 Å². The summed E-state index contributed by atoms with van der Waals surface area (Å²) in [6, 6.07) is 0. The molecule has 1 aromatic rings. The number of hydrogen-bond acceptors (Lipinski definition) is 5. The molecular formula is C16H21NO5. The highest BCUT2D eigenvalue weighted by Gasteiger charge is 2.38. The molecule has 0 aromatic carbocycles. The Hall–Kier alpha value is -2.11. The molecule has 0 N–H and O–H groups in total. The van der Waals surface area contributed by atoms with E-state index in [1.165, 1.54) is 0 Å². The molecule has 1 aliphatic carbocycles. The van der Waals surface area contributed by atoms with Crippen LogP contribution in [0.4, 0.5) is 0 Å². The molecule has 0 amide bonds. The number of carbonyl (C=O) groups excluding carboxylic acids is 3. The normalized spacial score (nSPS) is 17.1. The van der Waals surface area contributed by atoms with Gasteiger partial charge in [-0.05, 0) is 39.2 Å². The topological polar surface area (TPSA) is 74.6 Å². The summed E-state index contributed by atoms with van der Waals surface area (Å²) in [4.78, 5) is 36.6. The minimum atomic E-state index is -0.774. The molecule has 1 atom stereocenters. The SMILES string of the molecule is CCOC(=O)c1c(C)c2c(n1C)CC[C@@H](C(=O)OCC)C2=O. The molecule has 1 aromatic heterocycles. The number of carbonyl (C=O) groups is 3. The molecule has 0 fully saturated rings. The van der Waals surface area contributed by atoms with Gasteiger partial charge >= 0.3 is 11.9 Å². The molecule has 120 valence electrons. The van der Waals surface area contributed by atoms with Crippen molar-refractivity contribution in [2.75, 3.05) is 13.2 Å². The molecule has 2 rings (SSSR count). The van der Waals surface area contributed by atoms with Crippen LogP contribution in [-0.2, 0) is 27.7 Å². The molecule has 0 bridgehead atoms. The Bertz CT molecular complexity index is 629. The van der Waals surface area contributed by atoms with Crippen LogP contribution < -0.4 is 0 Å². The molecule has 0 saturated carbocycles. The zero-order valence-corrected chi connectivity index (χ0v) is 13.4. The lowest BCUT2D eigenvalue weighted by Crippen LogP contribution is -2.31. The zero-order valence-electron chi connectivity index (χ0n) is 13.4. The average Bonchev–Trinajstić information content (AvgIpc) is 2.72. The zero-order chi connectivity index (χ0) is 16.4. The van der Waals surface area contributed by atoms with Crippen molar-refractivity contribution in [3.8, 4) is 0 Å². The third kappa shape index (κ3) is 2.53. The Kier molecular flexibility index (Phi) is 4.68. The van der Waals surface area contributed by atoms with E-state index in [0.717, 1.165) is 5.69 Å². The maximum absolute atomic E-state index is 12.6. The molecule has 0 unspecified atom stereocenters. The minimum Gasteiger partial charge on any atom is -0.465 e. The van der Waals surface area contributed by atoms with E-state index >= 15 is 0 Å². The number of rotatable bonds is 4. The highest BCUT2D eigenvalue weighted by Crippen LogP contribution is 2.32. The maximum Gasteiger partial charge on any atom is 0.355 e. The number of Topliss-reactive ketones (excluding diaryl/α,β-unsaturated/α-hetero) is 1. The van der Waals surface area contributed by atoms with Crippen molar-refractivity contribution in [1.82, 2.24) is 4.57 Å². The summed E-state index contributed by atoms with van der Waals surface area (Å²) in [6.07, 6.45) is 0.964. The summed E-state index contributed by atoms with van der Waals surface area (Å²) in [6.45, 7) is 5.68. The fraction of sp³-hybridized carbons (Fsp3) is 0.562. The highest BCUT2D eigenvalue weighted by atomic mass is 16.5. The maximum atomic E-state index is 12.6. The van der Waals surface area contributed by atoms with Crippen LogP contribution >= 0.6 is 0 Å². The Morgan fingerprint density at radius 3 is 2.45 bits per heavy atom. The smallest absolute Gasteiger partial charge is 0.355 e. The van der Waals surface area contributed by atoms with Crippen LogP contribution in [-0.4, -0.2) is 35.5 Å². The van der Waals surface area contributed by atoms with E-state index in [9.17, 15) is 14.4 Å². The van der Waals surface area contributed by atoms with Gasteiger partial charge in [-0.3, -0.25) is 9.59 Å². The van der Waals surface area contributed by atoms with Gasteiger partial charge in [-0.15, -0.1) is 0 Å². The molecular weight excluding hydrogens is 286 g/mol. The van der Waals surface area contributed by atoms with Crippen LogP contribution in [0.3, 0.4) is 0 Å². The van der Waals surface area contributed by atoms with Crippen molar-refractivity contribution in [2.24, 2.45) is 13.0 Å². The number of fused-ring (bicyclic) bond motifs is 1. The summed E-state index contributed by atoms with van der Waals surface area (Å²) in [5.41, 5.74) is 2.21. The molecule has 0 saturated heterocycles. The van der Waals surface area contributed by atoms with E-state index in [4.69, 9.17) is 9.47 Å². The highest BCUT2D eigenvalue weighted by molar-refractivity contribution is 6.12. The van der Waals surface area contributed by atoms with Crippen molar-refractivity contribution in [3.63, 3.8) is 0 Å². The van der Waals surface area contributed by atoms with E-state index in [2.05, 4.69) is 0 Å². The first kappa shape index (κ1) is 16.3. The third-order valence-corrected chi connectivity index (χ3v) is 4.03. The van der Waals surface area contributed by atoms with E-state index in [0.29, 0.717) is 29.7 Å². The quantitative estimate of drug-likeness (QED) is 0.626. The van der Waals surface area contributed by atoms with Gasteiger partial charge in [0.2, 0.25) is 0 Å². The van der Waals surface area contributed by atoms with Crippen molar-refractivity contribution < 1.29 is 23.9 Å². The summed E-state index contributed by atoms with van der Waals surface area (Å²) in [5, 5.41) is 0. The molecule has 22 heavy (non-hydrogen) atoms. The predicted molar refractivity (Wildman–Crippen MR) is 78.9 cm³/mol. The number of nitrogens with zero attached hydrogens (tertiary/aromatic N) is 1. The fourth-order valence-corrected chi connectivity index (χ4v) is 3.05. The summed E-state index contributed by atoms with van der Waals surface area (Å²) in [5.74, 6) is -1.97. The molecule has 0 radical (unpaired) electrons. The predicted octanol–water partition coefficient (Wildman–Crippen LogP) is 1.82. The second kappa shape index (κ2) is 6.34. The van der Waals surface area contributed by atoms with Gasteiger partial charge in [0.15, 0.2) is 5.78 Å². The van der Waals surface area contributed by atoms with Crippen LogP contribution in [0, 0.1) is 12.8 Å². The van der Waals surface area contributed by atoms with Crippen molar-refractivity contribution in [3.05, 3.63) is 22.5 Å². The molecule has 0 spiro atoms. The van der Waals surface area contributed by atoms with Crippen LogP contribution in [0.5, 0.6) is 0 Å². The van der Waals surface area contributed by atoms with Crippen molar-refractivity contribution >= 4 is 17.7 Å². The monoisotopic (exact) mass is 307 g/mol. The lowest BCUT2D eigenvalue weighted by atomic mass is 9.84. The molecule has 1 aliphatic rings.